The van der Waals surface area contributed by atoms with E-state index in [1.54, 1.807) is 0 Å². The topological polar surface area (TPSA) is 37.5 Å². The van der Waals surface area contributed by atoms with Crippen molar-refractivity contribution >= 4 is 44.7 Å². The fourth-order valence-electron chi connectivity index (χ4n) is 7.12. The van der Waals surface area contributed by atoms with E-state index >= 15 is 0 Å². The van der Waals surface area contributed by atoms with E-state index in [1.807, 2.05) is 24.3 Å². The predicted octanol–water partition coefficient (Wildman–Crippen LogP) is 12.8. The first-order chi connectivity index (χ1) is 23.6. The summed E-state index contributed by atoms with van der Waals surface area (Å²) in [4.78, 5) is 4.90. The average Bonchev–Trinajstić information content (AvgIpc) is 3.45. The minimum atomic E-state index is 0.896. The monoisotopic (exact) mass is 616 g/mol. The van der Waals surface area contributed by atoms with Crippen LogP contribution in [0.15, 0.2) is 161 Å². The molecule has 0 saturated heterocycles. The fraction of sp³-hybridized carbons (Fsp3) is 0.0444. The van der Waals surface area contributed by atoms with Crippen LogP contribution in [0.3, 0.4) is 0 Å². The summed E-state index contributed by atoms with van der Waals surface area (Å²) in [7, 11) is 0. The highest BCUT2D eigenvalue weighted by Gasteiger charge is 2.23. The highest BCUT2D eigenvalue weighted by Crippen LogP contribution is 2.49. The maximum atomic E-state index is 6.28. The van der Waals surface area contributed by atoms with Crippen LogP contribution in [-0.4, -0.2) is 5.71 Å². The van der Waals surface area contributed by atoms with Gasteiger partial charge in [0, 0.05) is 38.9 Å². The quantitative estimate of drug-likeness (QED) is 0.200. The summed E-state index contributed by atoms with van der Waals surface area (Å²) >= 11 is 0. The molecule has 0 fully saturated rings. The third kappa shape index (κ3) is 4.63. The van der Waals surface area contributed by atoms with Gasteiger partial charge in [0.05, 0.1) is 11.4 Å². The molecule has 0 amide bonds. The molecule has 8 aromatic rings. The first-order valence-corrected chi connectivity index (χ1v) is 16.4. The molecule has 7 aromatic carbocycles. The van der Waals surface area contributed by atoms with E-state index in [0.717, 1.165) is 61.4 Å². The molecule has 48 heavy (non-hydrogen) atoms. The van der Waals surface area contributed by atoms with Crippen LogP contribution in [0.4, 0.5) is 17.1 Å². The number of nitrogens with one attached hydrogen (secondary N) is 1. The number of fused-ring (bicyclic) bond motifs is 8. The maximum absolute atomic E-state index is 6.28. The second-order valence-corrected chi connectivity index (χ2v) is 12.5. The Morgan fingerprint density at radius 3 is 2.00 bits per heavy atom. The zero-order chi connectivity index (χ0) is 32.2. The summed E-state index contributed by atoms with van der Waals surface area (Å²) < 4.78 is 6.28. The minimum absolute atomic E-state index is 0.896. The van der Waals surface area contributed by atoms with E-state index in [0.29, 0.717) is 0 Å². The molecule has 1 aliphatic heterocycles. The first kappa shape index (κ1) is 28.1. The lowest BCUT2D eigenvalue weighted by molar-refractivity contribution is 0.669. The van der Waals surface area contributed by atoms with Crippen LogP contribution in [0.5, 0.6) is 0 Å². The molecule has 0 saturated carbocycles. The molecule has 0 aliphatic carbocycles. The molecular weight excluding hydrogens is 585 g/mol. The number of furan rings is 1. The van der Waals surface area contributed by atoms with Crippen molar-refractivity contribution in [1.82, 2.24) is 0 Å². The molecule has 228 valence electrons. The molecule has 0 spiro atoms. The Kier molecular flexibility index (Phi) is 6.58. The van der Waals surface area contributed by atoms with Gasteiger partial charge in [-0.15, -0.1) is 0 Å². The van der Waals surface area contributed by atoms with E-state index in [-0.39, 0.29) is 0 Å². The van der Waals surface area contributed by atoms with Crippen molar-refractivity contribution in [2.24, 2.45) is 4.99 Å². The molecule has 9 rings (SSSR count). The van der Waals surface area contributed by atoms with Crippen LogP contribution in [0.1, 0.15) is 18.1 Å². The Hall–Kier alpha value is -6.19. The van der Waals surface area contributed by atoms with E-state index in [2.05, 4.69) is 147 Å². The van der Waals surface area contributed by atoms with E-state index < -0.39 is 0 Å². The number of para-hydroxylation sites is 3. The highest BCUT2D eigenvalue weighted by atomic mass is 16.3. The van der Waals surface area contributed by atoms with Crippen molar-refractivity contribution in [3.8, 4) is 44.5 Å². The molecule has 3 nitrogen and oxygen atoms in total. The third-order valence-electron chi connectivity index (χ3n) is 9.58. The number of aryl methyl sites for hydroxylation is 1. The Labute approximate surface area is 279 Å². The van der Waals surface area contributed by atoms with Gasteiger partial charge in [0.25, 0.3) is 0 Å². The van der Waals surface area contributed by atoms with Crippen LogP contribution >= 0.6 is 0 Å². The van der Waals surface area contributed by atoms with Gasteiger partial charge in [-0.3, -0.25) is 4.99 Å². The van der Waals surface area contributed by atoms with Crippen LogP contribution in [0, 0.1) is 6.92 Å². The normalized spacial score (nSPS) is 12.2. The van der Waals surface area contributed by atoms with E-state index in [9.17, 15) is 0 Å². The number of hydrogen-bond donors (Lipinski definition) is 1. The van der Waals surface area contributed by atoms with Crippen LogP contribution < -0.4 is 5.32 Å². The number of rotatable bonds is 4. The number of aliphatic imine (C=N–C) groups is 1. The van der Waals surface area contributed by atoms with Crippen molar-refractivity contribution < 1.29 is 4.42 Å². The number of anilines is 2. The fourth-order valence-corrected chi connectivity index (χ4v) is 7.12. The van der Waals surface area contributed by atoms with Crippen LogP contribution in [0.25, 0.3) is 66.4 Å². The summed E-state index contributed by atoms with van der Waals surface area (Å²) in [6.07, 6.45) is 0. The molecule has 1 aromatic heterocycles. The smallest absolute Gasteiger partial charge is 0.136 e. The van der Waals surface area contributed by atoms with E-state index in [1.165, 1.54) is 38.9 Å². The zero-order valence-electron chi connectivity index (χ0n) is 26.8. The number of nitrogens with zero attached hydrogens (tertiary/aromatic N) is 1. The molecule has 1 aliphatic rings. The van der Waals surface area contributed by atoms with Gasteiger partial charge in [-0.05, 0) is 83.1 Å². The molecule has 0 bridgehead atoms. The van der Waals surface area contributed by atoms with Crippen LogP contribution in [0.2, 0.25) is 0 Å². The Morgan fingerprint density at radius 2 is 1.17 bits per heavy atom. The second kappa shape index (κ2) is 11.3. The molecule has 2 heterocycles. The largest absolute Gasteiger partial charge is 0.456 e. The van der Waals surface area contributed by atoms with Crippen molar-refractivity contribution in [2.45, 2.75) is 13.8 Å². The highest BCUT2D eigenvalue weighted by molar-refractivity contribution is 6.15. The first-order valence-electron chi connectivity index (χ1n) is 16.4. The van der Waals surface area contributed by atoms with Crippen molar-refractivity contribution in [3.63, 3.8) is 0 Å². The summed E-state index contributed by atoms with van der Waals surface area (Å²) in [5.41, 5.74) is 17.7. The summed E-state index contributed by atoms with van der Waals surface area (Å²) in [6.45, 7) is 4.18. The summed E-state index contributed by atoms with van der Waals surface area (Å²) in [5.74, 6) is 0. The standard InChI is InChI=1S/C45H32N2O/c1-28-11-3-7-18-40(28)46-29(2)30-21-23-31(24-22-30)32-25-26-41-39(27-32)34-13-5-4-12-33(34)36-16-9-17-37(45(36)47-41)35-15-10-20-43-44(35)38-14-6-8-19-42(38)48-43/h3-27,47H,1-2H3. The molecule has 0 atom stereocenters. The average molecular weight is 617 g/mol. The Bertz CT molecular complexity index is 2550. The van der Waals surface area contributed by atoms with Crippen LogP contribution in [-0.2, 0) is 0 Å². The SMILES string of the molecule is CC(=Nc1ccccc1C)c1ccc(-c2ccc3c(c2)-c2ccccc2-c2cccc(-c4cccc5oc6ccccc6c45)c2N3)cc1. The van der Waals surface area contributed by atoms with Gasteiger partial charge in [-0.1, -0.05) is 121 Å². The minimum Gasteiger partial charge on any atom is -0.456 e. The Balaban J connectivity index is 1.15. The zero-order valence-corrected chi connectivity index (χ0v) is 26.8. The van der Waals surface area contributed by atoms with Gasteiger partial charge in [-0.2, -0.15) is 0 Å². The molecular formula is C45H32N2O. The predicted molar refractivity (Wildman–Crippen MR) is 202 cm³/mol. The number of benzene rings is 7. The van der Waals surface area contributed by atoms with Gasteiger partial charge in [0.15, 0.2) is 0 Å². The molecule has 1 N–H and O–H groups in total. The number of hydrogen-bond acceptors (Lipinski definition) is 3. The summed E-state index contributed by atoms with van der Waals surface area (Å²) in [6, 6.07) is 53.8. The molecule has 0 unspecified atom stereocenters. The van der Waals surface area contributed by atoms with Crippen molar-refractivity contribution in [1.29, 1.82) is 0 Å². The lowest BCUT2D eigenvalue weighted by Crippen LogP contribution is -1.96. The summed E-state index contributed by atoms with van der Waals surface area (Å²) in [5, 5.41) is 6.17. The van der Waals surface area contributed by atoms with Gasteiger partial charge in [0.1, 0.15) is 11.2 Å². The van der Waals surface area contributed by atoms with Gasteiger partial charge in [0.2, 0.25) is 0 Å². The van der Waals surface area contributed by atoms with Gasteiger partial charge in [-0.25, -0.2) is 0 Å². The third-order valence-corrected chi connectivity index (χ3v) is 9.58. The van der Waals surface area contributed by atoms with Crippen molar-refractivity contribution in [2.75, 3.05) is 5.32 Å². The Morgan fingerprint density at radius 1 is 0.542 bits per heavy atom. The second-order valence-electron chi connectivity index (χ2n) is 12.5. The lowest BCUT2D eigenvalue weighted by atomic mass is 9.90. The van der Waals surface area contributed by atoms with Crippen molar-refractivity contribution in [3.05, 3.63) is 163 Å². The molecule has 0 radical (unpaired) electrons. The van der Waals surface area contributed by atoms with Gasteiger partial charge >= 0.3 is 0 Å². The molecule has 3 heteroatoms. The maximum Gasteiger partial charge on any atom is 0.136 e. The lowest BCUT2D eigenvalue weighted by Gasteiger charge is -2.17. The van der Waals surface area contributed by atoms with Gasteiger partial charge < -0.3 is 9.73 Å². The van der Waals surface area contributed by atoms with E-state index in [4.69, 9.17) is 9.41 Å².